The minimum Gasteiger partial charge on any atom is -0.361 e. The summed E-state index contributed by atoms with van der Waals surface area (Å²) in [5.74, 6) is 1.92. The number of hydrogen-bond acceptors (Lipinski definition) is 5. The summed E-state index contributed by atoms with van der Waals surface area (Å²) in [5.41, 5.74) is 4.66. The molecule has 0 aliphatic rings. The van der Waals surface area contributed by atoms with Gasteiger partial charge in [-0.1, -0.05) is 55.0 Å². The summed E-state index contributed by atoms with van der Waals surface area (Å²) in [6.07, 6.45) is 1.08. The van der Waals surface area contributed by atoms with Crippen molar-refractivity contribution < 1.29 is 4.52 Å². The van der Waals surface area contributed by atoms with Crippen LogP contribution in [-0.4, -0.2) is 14.7 Å². The first kappa shape index (κ1) is 20.4. The smallest absolute Gasteiger partial charge is 0.266 e. The number of rotatable bonds is 6. The second-order valence-corrected chi connectivity index (χ2v) is 8.49. The number of fused-ring (bicyclic) bond motifs is 1. The molecule has 0 unspecified atom stereocenters. The number of benzene rings is 2. The molecule has 0 radical (unpaired) electrons. The summed E-state index contributed by atoms with van der Waals surface area (Å²) in [6.45, 7) is 8.23. The van der Waals surface area contributed by atoms with Gasteiger partial charge in [0, 0.05) is 11.3 Å². The standard InChI is InChI=1S/C24H25N3O2S/c1-5-15(2)18-10-12-19(13-11-18)27-23(28)20-8-6-7-9-22(20)25-24(27)30-14-21-16(3)26-29-17(21)4/h6-13,15H,5,14H2,1-4H3/t15-/m0/s1. The van der Waals surface area contributed by atoms with Crippen LogP contribution in [0.4, 0.5) is 0 Å². The average Bonchev–Trinajstić information content (AvgIpc) is 3.09. The second-order valence-electron chi connectivity index (χ2n) is 7.54. The van der Waals surface area contributed by atoms with Gasteiger partial charge in [0.05, 0.1) is 22.3 Å². The van der Waals surface area contributed by atoms with E-state index in [9.17, 15) is 4.79 Å². The maximum absolute atomic E-state index is 13.4. The van der Waals surface area contributed by atoms with Crippen molar-refractivity contribution in [2.75, 3.05) is 0 Å². The van der Waals surface area contributed by atoms with Crippen molar-refractivity contribution in [2.45, 2.75) is 50.9 Å². The van der Waals surface area contributed by atoms with Gasteiger partial charge in [-0.3, -0.25) is 9.36 Å². The molecule has 2 aromatic carbocycles. The molecule has 4 rings (SSSR count). The van der Waals surface area contributed by atoms with E-state index in [0.29, 0.717) is 27.7 Å². The molecule has 0 bridgehead atoms. The molecular formula is C24H25N3O2S. The van der Waals surface area contributed by atoms with Crippen LogP contribution in [0.5, 0.6) is 0 Å². The summed E-state index contributed by atoms with van der Waals surface area (Å²) in [7, 11) is 0. The van der Waals surface area contributed by atoms with E-state index in [1.54, 1.807) is 4.57 Å². The highest BCUT2D eigenvalue weighted by molar-refractivity contribution is 7.98. The first-order valence-electron chi connectivity index (χ1n) is 10.2. The van der Waals surface area contributed by atoms with Crippen molar-refractivity contribution in [3.63, 3.8) is 0 Å². The summed E-state index contributed by atoms with van der Waals surface area (Å²) in [6, 6.07) is 15.7. The Kier molecular flexibility index (Phi) is 5.77. The van der Waals surface area contributed by atoms with E-state index in [0.717, 1.165) is 29.1 Å². The topological polar surface area (TPSA) is 60.9 Å². The van der Waals surface area contributed by atoms with Crippen molar-refractivity contribution in [2.24, 2.45) is 0 Å². The Hall–Kier alpha value is -2.86. The Labute approximate surface area is 180 Å². The summed E-state index contributed by atoms with van der Waals surface area (Å²) < 4.78 is 7.00. The van der Waals surface area contributed by atoms with Crippen LogP contribution in [0.25, 0.3) is 16.6 Å². The predicted molar refractivity (Wildman–Crippen MR) is 122 cm³/mol. The Morgan fingerprint density at radius 1 is 1.10 bits per heavy atom. The van der Waals surface area contributed by atoms with Gasteiger partial charge in [-0.25, -0.2) is 4.98 Å². The lowest BCUT2D eigenvalue weighted by Gasteiger charge is -2.15. The lowest BCUT2D eigenvalue weighted by Crippen LogP contribution is -2.21. The van der Waals surface area contributed by atoms with E-state index in [1.807, 2.05) is 50.2 Å². The number of nitrogens with zero attached hydrogens (tertiary/aromatic N) is 3. The minimum atomic E-state index is -0.0573. The van der Waals surface area contributed by atoms with E-state index in [-0.39, 0.29) is 5.56 Å². The first-order valence-corrected chi connectivity index (χ1v) is 11.1. The molecule has 1 atom stereocenters. The molecule has 5 nitrogen and oxygen atoms in total. The molecule has 6 heteroatoms. The number of aryl methyl sites for hydroxylation is 2. The predicted octanol–water partition coefficient (Wildman–Crippen LogP) is 5.80. The van der Waals surface area contributed by atoms with Gasteiger partial charge in [-0.05, 0) is 56.0 Å². The fraction of sp³-hybridized carbons (Fsp3) is 0.292. The van der Waals surface area contributed by atoms with Crippen LogP contribution in [0, 0.1) is 13.8 Å². The molecule has 0 amide bonds. The molecule has 0 aliphatic carbocycles. The third kappa shape index (κ3) is 3.79. The van der Waals surface area contributed by atoms with Crippen LogP contribution in [-0.2, 0) is 5.75 Å². The van der Waals surface area contributed by atoms with Gasteiger partial charge < -0.3 is 4.52 Å². The third-order valence-electron chi connectivity index (χ3n) is 5.60. The molecule has 0 aliphatic heterocycles. The maximum Gasteiger partial charge on any atom is 0.266 e. The molecule has 2 aromatic heterocycles. The minimum absolute atomic E-state index is 0.0573. The molecule has 4 aromatic rings. The van der Waals surface area contributed by atoms with Gasteiger partial charge in [-0.15, -0.1) is 0 Å². The van der Waals surface area contributed by atoms with Gasteiger partial charge in [0.2, 0.25) is 0 Å². The van der Waals surface area contributed by atoms with Crippen molar-refractivity contribution in [1.29, 1.82) is 0 Å². The third-order valence-corrected chi connectivity index (χ3v) is 6.57. The highest BCUT2D eigenvalue weighted by atomic mass is 32.2. The monoisotopic (exact) mass is 419 g/mol. The molecule has 0 saturated carbocycles. The lowest BCUT2D eigenvalue weighted by atomic mass is 9.98. The Morgan fingerprint density at radius 3 is 2.50 bits per heavy atom. The van der Waals surface area contributed by atoms with E-state index >= 15 is 0 Å². The van der Waals surface area contributed by atoms with Gasteiger partial charge in [0.15, 0.2) is 5.16 Å². The average molecular weight is 420 g/mol. The number of thioether (sulfide) groups is 1. The highest BCUT2D eigenvalue weighted by Gasteiger charge is 2.16. The Balaban J connectivity index is 1.81. The van der Waals surface area contributed by atoms with Crippen LogP contribution in [0.1, 0.15) is 48.8 Å². The fourth-order valence-corrected chi connectivity index (χ4v) is 4.64. The van der Waals surface area contributed by atoms with E-state index in [2.05, 4.69) is 31.1 Å². The number of hydrogen-bond donors (Lipinski definition) is 0. The molecule has 30 heavy (non-hydrogen) atoms. The van der Waals surface area contributed by atoms with Crippen molar-refractivity contribution in [3.8, 4) is 5.69 Å². The van der Waals surface area contributed by atoms with Crippen molar-refractivity contribution in [3.05, 3.63) is 81.5 Å². The highest BCUT2D eigenvalue weighted by Crippen LogP contribution is 2.28. The molecule has 0 N–H and O–H groups in total. The number of aromatic nitrogens is 3. The molecule has 0 saturated heterocycles. The Morgan fingerprint density at radius 2 is 1.83 bits per heavy atom. The summed E-state index contributed by atoms with van der Waals surface area (Å²) in [4.78, 5) is 18.2. The molecule has 0 fully saturated rings. The lowest BCUT2D eigenvalue weighted by molar-refractivity contribution is 0.392. The van der Waals surface area contributed by atoms with Gasteiger partial charge in [0.25, 0.3) is 5.56 Å². The van der Waals surface area contributed by atoms with Gasteiger partial charge >= 0.3 is 0 Å². The van der Waals surface area contributed by atoms with E-state index in [1.165, 1.54) is 17.3 Å². The molecular weight excluding hydrogens is 394 g/mol. The first-order chi connectivity index (χ1) is 14.5. The van der Waals surface area contributed by atoms with E-state index < -0.39 is 0 Å². The molecule has 0 spiro atoms. The van der Waals surface area contributed by atoms with Crippen LogP contribution >= 0.6 is 11.8 Å². The summed E-state index contributed by atoms with van der Waals surface area (Å²) in [5, 5.41) is 5.31. The van der Waals surface area contributed by atoms with E-state index in [4.69, 9.17) is 9.51 Å². The quantitative estimate of drug-likeness (QED) is 0.292. The zero-order valence-electron chi connectivity index (χ0n) is 17.7. The second kappa shape index (κ2) is 8.48. The number of para-hydroxylation sites is 1. The normalized spacial score (nSPS) is 12.4. The fourth-order valence-electron chi connectivity index (χ4n) is 3.47. The van der Waals surface area contributed by atoms with Crippen LogP contribution < -0.4 is 5.56 Å². The largest absolute Gasteiger partial charge is 0.361 e. The Bertz CT molecular complexity index is 1220. The zero-order valence-corrected chi connectivity index (χ0v) is 18.5. The molecule has 154 valence electrons. The van der Waals surface area contributed by atoms with Crippen molar-refractivity contribution >= 4 is 22.7 Å². The SMILES string of the molecule is CC[C@H](C)c1ccc(-n2c(SCc3c(C)noc3C)nc3ccccc3c2=O)cc1. The maximum atomic E-state index is 13.4. The van der Waals surface area contributed by atoms with Gasteiger partial charge in [0.1, 0.15) is 5.76 Å². The van der Waals surface area contributed by atoms with Crippen LogP contribution in [0.2, 0.25) is 0 Å². The molecule has 2 heterocycles. The van der Waals surface area contributed by atoms with Gasteiger partial charge in [-0.2, -0.15) is 0 Å². The summed E-state index contributed by atoms with van der Waals surface area (Å²) >= 11 is 1.52. The van der Waals surface area contributed by atoms with Crippen LogP contribution in [0.15, 0.2) is 63.0 Å². The zero-order chi connectivity index (χ0) is 21.3. The van der Waals surface area contributed by atoms with Crippen molar-refractivity contribution in [1.82, 2.24) is 14.7 Å². The van der Waals surface area contributed by atoms with Crippen LogP contribution in [0.3, 0.4) is 0 Å².